The Morgan fingerprint density at radius 1 is 1.13 bits per heavy atom. The van der Waals surface area contributed by atoms with Crippen LogP contribution in [0.4, 0.5) is 0 Å². The lowest BCUT2D eigenvalue weighted by Crippen LogP contribution is -2.63. The zero-order valence-electron chi connectivity index (χ0n) is 18.6. The van der Waals surface area contributed by atoms with E-state index >= 15 is 0 Å². The molecular weight excluding hydrogens is 376 g/mol. The molecule has 0 radical (unpaired) electrons. The van der Waals surface area contributed by atoms with Gasteiger partial charge >= 0.3 is 0 Å². The predicted octanol–water partition coefficient (Wildman–Crippen LogP) is 3.95. The molecule has 0 spiro atoms. The molecular formula is C25H34N2O3. The van der Waals surface area contributed by atoms with Crippen LogP contribution in [0.5, 0.6) is 5.75 Å². The maximum absolute atomic E-state index is 12.3. The molecule has 4 rings (SSSR count). The molecule has 162 valence electrons. The summed E-state index contributed by atoms with van der Waals surface area (Å²) in [5.41, 5.74) is 1.52. The molecule has 1 aromatic heterocycles. The molecule has 1 aromatic carbocycles. The van der Waals surface area contributed by atoms with Crippen LogP contribution in [0, 0.1) is 5.41 Å². The van der Waals surface area contributed by atoms with Crippen molar-refractivity contribution in [3.63, 3.8) is 0 Å². The van der Waals surface area contributed by atoms with Gasteiger partial charge in [-0.05, 0) is 30.2 Å². The summed E-state index contributed by atoms with van der Waals surface area (Å²) >= 11 is 0. The molecule has 2 fully saturated rings. The Morgan fingerprint density at radius 3 is 2.40 bits per heavy atom. The Labute approximate surface area is 180 Å². The summed E-state index contributed by atoms with van der Waals surface area (Å²) in [4.78, 5) is 6.69. The average Bonchev–Trinajstić information content (AvgIpc) is 2.73. The van der Waals surface area contributed by atoms with Crippen molar-refractivity contribution in [2.24, 2.45) is 5.41 Å². The number of benzene rings is 1. The van der Waals surface area contributed by atoms with E-state index < -0.39 is 5.60 Å². The van der Waals surface area contributed by atoms with Gasteiger partial charge in [0.25, 0.3) is 0 Å². The van der Waals surface area contributed by atoms with E-state index in [1.165, 1.54) is 5.56 Å². The van der Waals surface area contributed by atoms with Gasteiger partial charge in [0.15, 0.2) is 0 Å². The standard InChI is InChI=1S/C25H34N2O3/c1-18(2)19-5-7-20(8-6-19)25(28,24(3)16-27(4)17-24)21-13-23(15-26-14-21)30-22-9-11-29-12-10-22/h5-8,13-15,18,22,28H,9-12,16-17H2,1-4H3. The Hall–Kier alpha value is -1.95. The number of aromatic nitrogens is 1. The van der Waals surface area contributed by atoms with Gasteiger partial charge in [0.05, 0.1) is 19.4 Å². The maximum Gasteiger partial charge on any atom is 0.138 e. The smallest absolute Gasteiger partial charge is 0.138 e. The van der Waals surface area contributed by atoms with E-state index in [0.29, 0.717) is 11.7 Å². The molecule has 2 saturated heterocycles. The summed E-state index contributed by atoms with van der Waals surface area (Å²) in [5.74, 6) is 1.17. The summed E-state index contributed by atoms with van der Waals surface area (Å²) < 4.78 is 11.6. The number of pyridine rings is 1. The summed E-state index contributed by atoms with van der Waals surface area (Å²) in [6.45, 7) is 9.63. The van der Waals surface area contributed by atoms with E-state index in [9.17, 15) is 5.11 Å². The van der Waals surface area contributed by atoms with Crippen molar-refractivity contribution in [2.75, 3.05) is 33.4 Å². The number of aliphatic hydroxyl groups is 1. The van der Waals surface area contributed by atoms with Gasteiger partial charge in [-0.1, -0.05) is 45.0 Å². The number of rotatable bonds is 6. The number of hydrogen-bond acceptors (Lipinski definition) is 5. The molecule has 0 amide bonds. The molecule has 0 bridgehead atoms. The zero-order valence-corrected chi connectivity index (χ0v) is 18.6. The largest absolute Gasteiger partial charge is 0.489 e. The van der Waals surface area contributed by atoms with Crippen LogP contribution in [0.2, 0.25) is 0 Å². The molecule has 0 aliphatic carbocycles. The Morgan fingerprint density at radius 2 is 1.80 bits per heavy atom. The SMILES string of the molecule is CC(C)c1ccc(C(O)(c2cncc(OC3CCOCC3)c2)C2(C)CN(C)C2)cc1. The molecule has 1 unspecified atom stereocenters. The fraction of sp³-hybridized carbons (Fsp3) is 0.560. The van der Waals surface area contributed by atoms with Crippen molar-refractivity contribution in [3.8, 4) is 5.75 Å². The first-order valence-corrected chi connectivity index (χ1v) is 11.0. The van der Waals surface area contributed by atoms with Crippen LogP contribution >= 0.6 is 0 Å². The van der Waals surface area contributed by atoms with Gasteiger partial charge in [0.2, 0.25) is 0 Å². The molecule has 30 heavy (non-hydrogen) atoms. The molecule has 2 aliphatic rings. The van der Waals surface area contributed by atoms with Gasteiger partial charge in [-0.25, -0.2) is 0 Å². The van der Waals surface area contributed by atoms with E-state index in [2.05, 4.69) is 62.0 Å². The van der Waals surface area contributed by atoms with Crippen LogP contribution in [-0.4, -0.2) is 54.4 Å². The lowest BCUT2D eigenvalue weighted by Gasteiger charge is -2.55. The molecule has 0 saturated carbocycles. The highest BCUT2D eigenvalue weighted by Gasteiger charge is 2.55. The first kappa shape index (κ1) is 21.3. The molecule has 2 aliphatic heterocycles. The number of likely N-dealkylation sites (tertiary alicyclic amines) is 1. The molecule has 5 nitrogen and oxygen atoms in total. The van der Waals surface area contributed by atoms with Crippen LogP contribution in [0.3, 0.4) is 0 Å². The fourth-order valence-corrected chi connectivity index (χ4v) is 5.01. The minimum atomic E-state index is -1.14. The third-order valence-electron chi connectivity index (χ3n) is 6.71. The second kappa shape index (κ2) is 8.29. The fourth-order valence-electron chi connectivity index (χ4n) is 5.01. The average molecular weight is 411 g/mol. The first-order valence-electron chi connectivity index (χ1n) is 11.0. The molecule has 3 heterocycles. The summed E-state index contributed by atoms with van der Waals surface area (Å²) in [6, 6.07) is 10.4. The van der Waals surface area contributed by atoms with E-state index in [1.807, 2.05) is 6.07 Å². The van der Waals surface area contributed by atoms with Crippen molar-refractivity contribution in [3.05, 3.63) is 59.4 Å². The van der Waals surface area contributed by atoms with Crippen LogP contribution < -0.4 is 4.74 Å². The minimum absolute atomic E-state index is 0.139. The van der Waals surface area contributed by atoms with E-state index in [4.69, 9.17) is 9.47 Å². The number of hydrogen-bond donors (Lipinski definition) is 1. The zero-order chi connectivity index (χ0) is 21.4. The van der Waals surface area contributed by atoms with Crippen molar-refractivity contribution < 1.29 is 14.6 Å². The monoisotopic (exact) mass is 410 g/mol. The van der Waals surface area contributed by atoms with Gasteiger partial charge in [-0.2, -0.15) is 0 Å². The van der Waals surface area contributed by atoms with Crippen molar-refractivity contribution >= 4 is 0 Å². The quantitative estimate of drug-likeness (QED) is 0.781. The highest BCUT2D eigenvalue weighted by atomic mass is 16.5. The van der Waals surface area contributed by atoms with Crippen LogP contribution in [-0.2, 0) is 10.3 Å². The molecule has 2 aromatic rings. The third kappa shape index (κ3) is 3.86. The maximum atomic E-state index is 12.3. The summed E-state index contributed by atoms with van der Waals surface area (Å²) in [7, 11) is 2.09. The van der Waals surface area contributed by atoms with Crippen molar-refractivity contribution in [1.29, 1.82) is 0 Å². The lowest BCUT2D eigenvalue weighted by atomic mass is 9.62. The topological polar surface area (TPSA) is 54.8 Å². The predicted molar refractivity (Wildman–Crippen MR) is 118 cm³/mol. The van der Waals surface area contributed by atoms with Crippen LogP contribution in [0.1, 0.15) is 56.2 Å². The highest BCUT2D eigenvalue weighted by Crippen LogP contribution is 2.50. The molecule has 1 N–H and O–H groups in total. The van der Waals surface area contributed by atoms with E-state index in [1.54, 1.807) is 12.4 Å². The third-order valence-corrected chi connectivity index (χ3v) is 6.71. The van der Waals surface area contributed by atoms with Gasteiger partial charge in [-0.3, -0.25) is 4.98 Å². The number of ether oxygens (including phenoxy) is 2. The minimum Gasteiger partial charge on any atom is -0.489 e. The van der Waals surface area contributed by atoms with Gasteiger partial charge in [0, 0.05) is 43.1 Å². The van der Waals surface area contributed by atoms with Crippen LogP contribution in [0.15, 0.2) is 42.7 Å². The van der Waals surface area contributed by atoms with Gasteiger partial charge in [0.1, 0.15) is 17.5 Å². The summed E-state index contributed by atoms with van der Waals surface area (Å²) in [6.07, 6.45) is 5.44. The van der Waals surface area contributed by atoms with Crippen molar-refractivity contribution in [2.45, 2.75) is 51.2 Å². The molecule has 5 heteroatoms. The summed E-state index contributed by atoms with van der Waals surface area (Å²) in [5, 5.41) is 12.3. The van der Waals surface area contributed by atoms with Crippen molar-refractivity contribution in [1.82, 2.24) is 9.88 Å². The van der Waals surface area contributed by atoms with E-state index in [0.717, 1.165) is 50.3 Å². The lowest BCUT2D eigenvalue weighted by molar-refractivity contribution is -0.127. The second-order valence-corrected chi connectivity index (χ2v) is 9.56. The molecule has 1 atom stereocenters. The van der Waals surface area contributed by atoms with E-state index in [-0.39, 0.29) is 11.5 Å². The number of nitrogens with zero attached hydrogens (tertiary/aromatic N) is 2. The Balaban J connectivity index is 1.70. The highest BCUT2D eigenvalue weighted by molar-refractivity contribution is 5.43. The Bertz CT molecular complexity index is 855. The van der Waals surface area contributed by atoms with Gasteiger partial charge in [-0.15, -0.1) is 0 Å². The normalized spacial score (nSPS) is 21.8. The van der Waals surface area contributed by atoms with Gasteiger partial charge < -0.3 is 19.5 Å². The van der Waals surface area contributed by atoms with Crippen LogP contribution in [0.25, 0.3) is 0 Å². The first-order chi connectivity index (χ1) is 14.3. The Kier molecular flexibility index (Phi) is 5.88. The second-order valence-electron chi connectivity index (χ2n) is 9.56.